The van der Waals surface area contributed by atoms with Crippen LogP contribution in [0.25, 0.3) is 0 Å². The van der Waals surface area contributed by atoms with Crippen molar-refractivity contribution in [2.75, 3.05) is 33.0 Å². The minimum atomic E-state index is -1.33. The number of carbonyl (C=O) groups excluding carboxylic acids is 1. The molecule has 1 unspecified atom stereocenters. The summed E-state index contributed by atoms with van der Waals surface area (Å²) < 4.78 is 15.2. The van der Waals surface area contributed by atoms with Gasteiger partial charge in [-0.15, -0.1) is 0 Å². The van der Waals surface area contributed by atoms with Gasteiger partial charge in [0.15, 0.2) is 5.92 Å². The van der Waals surface area contributed by atoms with Crippen LogP contribution in [-0.2, 0) is 23.8 Å². The Morgan fingerprint density at radius 2 is 1.74 bits per heavy atom. The highest BCUT2D eigenvalue weighted by Crippen LogP contribution is 2.12. The number of hydrogen-bond acceptors (Lipinski definition) is 6. The lowest BCUT2D eigenvalue weighted by Crippen LogP contribution is -2.35. The number of rotatable bonds is 9. The minimum absolute atomic E-state index is 0.201. The zero-order valence-corrected chi connectivity index (χ0v) is 11.7. The van der Waals surface area contributed by atoms with E-state index in [-0.39, 0.29) is 13.2 Å². The molecule has 0 saturated heterocycles. The van der Waals surface area contributed by atoms with Crippen LogP contribution in [0.2, 0.25) is 0 Å². The van der Waals surface area contributed by atoms with E-state index >= 15 is 0 Å². The number of hydrogen-bond donors (Lipinski definition) is 2. The van der Waals surface area contributed by atoms with Gasteiger partial charge in [-0.25, -0.2) is 0 Å². The lowest BCUT2D eigenvalue weighted by Gasteiger charge is -2.22. The first kappa shape index (κ1) is 17.8. The van der Waals surface area contributed by atoms with E-state index in [2.05, 4.69) is 0 Å². The fourth-order valence-electron chi connectivity index (χ4n) is 1.12. The third-order valence-electron chi connectivity index (χ3n) is 1.91. The smallest absolute Gasteiger partial charge is 0.323 e. The van der Waals surface area contributed by atoms with Gasteiger partial charge in [-0.05, 0) is 20.8 Å². The minimum Gasteiger partial charge on any atom is -0.481 e. The van der Waals surface area contributed by atoms with Gasteiger partial charge in [0.2, 0.25) is 0 Å². The lowest BCUT2D eigenvalue weighted by atomic mass is 10.1. The van der Waals surface area contributed by atoms with Crippen LogP contribution in [-0.4, -0.2) is 55.6 Å². The summed E-state index contributed by atoms with van der Waals surface area (Å²) >= 11 is 0. The Kier molecular flexibility index (Phi) is 8.29. The van der Waals surface area contributed by atoms with E-state index in [9.17, 15) is 9.59 Å². The quantitative estimate of drug-likeness (QED) is 0.347. The number of nitrogens with two attached hydrogens (primary N) is 1. The molecule has 0 aromatic carbocycles. The van der Waals surface area contributed by atoms with Crippen LogP contribution >= 0.6 is 0 Å². The molecule has 112 valence electrons. The Hall–Kier alpha value is -1.18. The number of aliphatic carboxylic acids is 1. The van der Waals surface area contributed by atoms with Gasteiger partial charge in [-0.3, -0.25) is 9.59 Å². The zero-order chi connectivity index (χ0) is 14.9. The molecule has 0 bridgehead atoms. The highest BCUT2D eigenvalue weighted by molar-refractivity contribution is 5.94. The molecule has 0 aliphatic carbocycles. The predicted molar refractivity (Wildman–Crippen MR) is 67.7 cm³/mol. The van der Waals surface area contributed by atoms with Gasteiger partial charge in [-0.2, -0.15) is 0 Å². The van der Waals surface area contributed by atoms with Gasteiger partial charge in [0.1, 0.15) is 5.60 Å². The average Bonchev–Trinajstić information content (AvgIpc) is 2.24. The number of ether oxygens (including phenoxy) is 3. The number of esters is 1. The molecule has 1 atom stereocenters. The SMILES string of the molecule is CC(C)(C)OC(=O)C(COCCOCCN)C(=O)O. The van der Waals surface area contributed by atoms with Crippen molar-refractivity contribution < 1.29 is 28.9 Å². The van der Waals surface area contributed by atoms with E-state index in [1.54, 1.807) is 20.8 Å². The third-order valence-corrected chi connectivity index (χ3v) is 1.91. The van der Waals surface area contributed by atoms with E-state index < -0.39 is 23.5 Å². The molecular weight excluding hydrogens is 254 g/mol. The number of carboxylic acids is 1. The Morgan fingerprint density at radius 1 is 1.16 bits per heavy atom. The normalized spacial score (nSPS) is 13.1. The van der Waals surface area contributed by atoms with Crippen molar-refractivity contribution in [3.63, 3.8) is 0 Å². The number of carbonyl (C=O) groups is 2. The topological polar surface area (TPSA) is 108 Å². The summed E-state index contributed by atoms with van der Waals surface area (Å²) in [6.07, 6.45) is 0. The van der Waals surface area contributed by atoms with Gasteiger partial charge >= 0.3 is 11.9 Å². The zero-order valence-electron chi connectivity index (χ0n) is 11.7. The van der Waals surface area contributed by atoms with Crippen molar-refractivity contribution in [3.05, 3.63) is 0 Å². The van der Waals surface area contributed by atoms with E-state index in [1.165, 1.54) is 0 Å². The van der Waals surface area contributed by atoms with Crippen molar-refractivity contribution in [2.45, 2.75) is 26.4 Å². The maximum Gasteiger partial charge on any atom is 0.323 e. The second kappa shape index (κ2) is 8.84. The first-order chi connectivity index (χ1) is 8.78. The maximum atomic E-state index is 11.6. The molecule has 0 fully saturated rings. The highest BCUT2D eigenvalue weighted by Gasteiger charge is 2.31. The van der Waals surface area contributed by atoms with E-state index in [0.29, 0.717) is 19.8 Å². The first-order valence-electron chi connectivity index (χ1n) is 6.09. The van der Waals surface area contributed by atoms with Crippen LogP contribution in [0.1, 0.15) is 20.8 Å². The summed E-state index contributed by atoms with van der Waals surface area (Å²) in [6.45, 7) is 6.11. The van der Waals surface area contributed by atoms with Crippen LogP contribution in [0.5, 0.6) is 0 Å². The summed E-state index contributed by atoms with van der Waals surface area (Å²) in [5, 5.41) is 8.95. The van der Waals surface area contributed by atoms with Gasteiger partial charge in [0.25, 0.3) is 0 Å². The summed E-state index contributed by atoms with van der Waals surface area (Å²) in [6, 6.07) is 0. The Bertz CT molecular complexity index is 286. The van der Waals surface area contributed by atoms with Gasteiger partial charge < -0.3 is 25.1 Å². The van der Waals surface area contributed by atoms with Gasteiger partial charge in [0, 0.05) is 6.54 Å². The van der Waals surface area contributed by atoms with Gasteiger partial charge in [-0.1, -0.05) is 0 Å². The second-order valence-electron chi connectivity index (χ2n) is 4.90. The van der Waals surface area contributed by atoms with Crippen LogP contribution in [0.4, 0.5) is 0 Å². The van der Waals surface area contributed by atoms with Crippen molar-refractivity contribution in [2.24, 2.45) is 11.7 Å². The predicted octanol–water partition coefficient (Wildman–Crippen LogP) is 0.0208. The molecule has 0 aromatic heterocycles. The van der Waals surface area contributed by atoms with Crippen molar-refractivity contribution in [1.82, 2.24) is 0 Å². The Balaban J connectivity index is 4.06. The molecular formula is C12H23NO6. The summed E-state index contributed by atoms with van der Waals surface area (Å²) in [7, 11) is 0. The highest BCUT2D eigenvalue weighted by atomic mass is 16.6. The summed E-state index contributed by atoms with van der Waals surface area (Å²) in [5.41, 5.74) is 4.50. The van der Waals surface area contributed by atoms with Crippen molar-refractivity contribution in [3.8, 4) is 0 Å². The van der Waals surface area contributed by atoms with Crippen LogP contribution in [0, 0.1) is 5.92 Å². The van der Waals surface area contributed by atoms with Crippen LogP contribution in [0.3, 0.4) is 0 Å². The fourth-order valence-corrected chi connectivity index (χ4v) is 1.12. The molecule has 0 spiro atoms. The average molecular weight is 277 g/mol. The van der Waals surface area contributed by atoms with E-state index in [4.69, 9.17) is 25.1 Å². The third kappa shape index (κ3) is 9.40. The molecule has 0 heterocycles. The summed E-state index contributed by atoms with van der Waals surface area (Å²) in [5.74, 6) is -3.39. The van der Waals surface area contributed by atoms with Crippen LogP contribution in [0.15, 0.2) is 0 Å². The molecule has 0 amide bonds. The lowest BCUT2D eigenvalue weighted by molar-refractivity contribution is -0.169. The molecule has 0 saturated carbocycles. The fraction of sp³-hybridized carbons (Fsp3) is 0.833. The van der Waals surface area contributed by atoms with Crippen molar-refractivity contribution >= 4 is 11.9 Å². The molecule has 0 aliphatic rings. The molecule has 3 N–H and O–H groups in total. The van der Waals surface area contributed by atoms with Crippen molar-refractivity contribution in [1.29, 1.82) is 0 Å². The Morgan fingerprint density at radius 3 is 2.21 bits per heavy atom. The molecule has 0 radical (unpaired) electrons. The van der Waals surface area contributed by atoms with E-state index in [0.717, 1.165) is 0 Å². The molecule has 0 aromatic rings. The second-order valence-corrected chi connectivity index (χ2v) is 4.90. The van der Waals surface area contributed by atoms with E-state index in [1.807, 2.05) is 0 Å². The molecule has 7 nitrogen and oxygen atoms in total. The maximum absolute atomic E-state index is 11.6. The molecule has 7 heteroatoms. The molecule has 19 heavy (non-hydrogen) atoms. The standard InChI is InChI=1S/C12H23NO6/c1-12(2,3)19-11(16)9(10(14)15)8-18-7-6-17-5-4-13/h9H,4-8,13H2,1-3H3,(H,14,15). The largest absolute Gasteiger partial charge is 0.481 e. The van der Waals surface area contributed by atoms with Crippen LogP contribution < -0.4 is 5.73 Å². The first-order valence-corrected chi connectivity index (χ1v) is 6.09. The summed E-state index contributed by atoms with van der Waals surface area (Å²) in [4.78, 5) is 22.6. The molecule has 0 rings (SSSR count). The Labute approximate surface area is 113 Å². The molecule has 0 aliphatic heterocycles. The number of carboxylic acid groups (broad SMARTS) is 1. The monoisotopic (exact) mass is 277 g/mol. The van der Waals surface area contributed by atoms with Gasteiger partial charge in [0.05, 0.1) is 26.4 Å².